The van der Waals surface area contributed by atoms with Crippen LogP contribution in [0.5, 0.6) is 0 Å². The molecule has 3 heteroatoms. The summed E-state index contributed by atoms with van der Waals surface area (Å²) in [6.07, 6.45) is 4.14. The monoisotopic (exact) mass is 273 g/mol. The molecule has 0 aromatic heterocycles. The lowest BCUT2D eigenvalue weighted by Crippen LogP contribution is -2.37. The van der Waals surface area contributed by atoms with Gasteiger partial charge in [0.25, 0.3) is 0 Å². The number of rotatable bonds is 2. The predicted octanol–water partition coefficient (Wildman–Crippen LogP) is 3.67. The molecule has 0 aliphatic carbocycles. The minimum absolute atomic E-state index is 0.159. The molecule has 1 aliphatic rings. The smallest absolute Gasteiger partial charge is 0.330 e. The van der Waals surface area contributed by atoms with E-state index in [1.807, 2.05) is 39.0 Å². The molecular weight excluding hydrogens is 250 g/mol. The summed E-state index contributed by atoms with van der Waals surface area (Å²) in [5, 5.41) is 1.79. The Morgan fingerprint density at radius 2 is 1.75 bits per heavy atom. The van der Waals surface area contributed by atoms with Crippen LogP contribution >= 0.6 is 0 Å². The van der Waals surface area contributed by atoms with Gasteiger partial charge in [-0.15, -0.1) is 5.06 Å². The first-order valence-electron chi connectivity index (χ1n) is 7.17. The van der Waals surface area contributed by atoms with E-state index in [9.17, 15) is 4.79 Å². The molecule has 0 unspecified atom stereocenters. The van der Waals surface area contributed by atoms with E-state index < -0.39 is 5.41 Å². The maximum absolute atomic E-state index is 11.8. The Hall–Kier alpha value is -1.61. The first kappa shape index (κ1) is 14.8. The molecule has 1 saturated heterocycles. The number of nitrogens with zero attached hydrogens (tertiary/aromatic N) is 1. The van der Waals surface area contributed by atoms with E-state index in [2.05, 4.69) is 18.2 Å². The Morgan fingerprint density at radius 1 is 1.15 bits per heavy atom. The predicted molar refractivity (Wildman–Crippen MR) is 80.8 cm³/mol. The summed E-state index contributed by atoms with van der Waals surface area (Å²) in [5.41, 5.74) is 2.21. The van der Waals surface area contributed by atoms with Gasteiger partial charge in [-0.3, -0.25) is 0 Å². The SMILES string of the molecule is CC(C)(C)C(=O)ON1CCC(=Cc2ccccc2)CC1. The topological polar surface area (TPSA) is 29.5 Å². The second-order valence-electron chi connectivity index (χ2n) is 6.27. The lowest BCUT2D eigenvalue weighted by atomic mass is 9.97. The van der Waals surface area contributed by atoms with Crippen LogP contribution in [0.1, 0.15) is 39.2 Å². The highest BCUT2D eigenvalue weighted by molar-refractivity contribution is 5.75. The van der Waals surface area contributed by atoms with Crippen LogP contribution in [-0.2, 0) is 9.63 Å². The molecule has 0 spiro atoms. The minimum Gasteiger partial charge on any atom is -0.367 e. The summed E-state index contributed by atoms with van der Waals surface area (Å²) in [6, 6.07) is 10.3. The zero-order valence-corrected chi connectivity index (χ0v) is 12.6. The number of hydroxylamine groups is 2. The van der Waals surface area contributed by atoms with Crippen molar-refractivity contribution in [1.29, 1.82) is 0 Å². The van der Waals surface area contributed by atoms with Crippen LogP contribution in [-0.4, -0.2) is 24.1 Å². The zero-order chi connectivity index (χ0) is 14.6. The molecule has 20 heavy (non-hydrogen) atoms. The van der Waals surface area contributed by atoms with Gasteiger partial charge >= 0.3 is 5.97 Å². The van der Waals surface area contributed by atoms with Gasteiger partial charge in [-0.1, -0.05) is 42.0 Å². The van der Waals surface area contributed by atoms with Crippen molar-refractivity contribution in [2.75, 3.05) is 13.1 Å². The Labute approximate surface area is 121 Å². The quantitative estimate of drug-likeness (QED) is 0.823. The van der Waals surface area contributed by atoms with Gasteiger partial charge in [0.2, 0.25) is 0 Å². The van der Waals surface area contributed by atoms with Crippen molar-refractivity contribution in [3.8, 4) is 0 Å². The molecule has 3 nitrogen and oxygen atoms in total. The highest BCUT2D eigenvalue weighted by Gasteiger charge is 2.27. The summed E-state index contributed by atoms with van der Waals surface area (Å²) in [5.74, 6) is -0.159. The number of hydrogen-bond donors (Lipinski definition) is 0. The largest absolute Gasteiger partial charge is 0.367 e. The fourth-order valence-electron chi connectivity index (χ4n) is 2.05. The van der Waals surface area contributed by atoms with Crippen molar-refractivity contribution in [2.45, 2.75) is 33.6 Å². The first-order valence-corrected chi connectivity index (χ1v) is 7.17. The van der Waals surface area contributed by atoms with Crippen LogP contribution < -0.4 is 0 Å². The van der Waals surface area contributed by atoms with Crippen LogP contribution in [0.15, 0.2) is 35.9 Å². The molecule has 0 amide bonds. The van der Waals surface area contributed by atoms with E-state index in [-0.39, 0.29) is 5.97 Å². The van der Waals surface area contributed by atoms with Crippen molar-refractivity contribution in [1.82, 2.24) is 5.06 Å². The molecule has 0 N–H and O–H groups in total. The summed E-state index contributed by atoms with van der Waals surface area (Å²) >= 11 is 0. The van der Waals surface area contributed by atoms with Gasteiger partial charge in [-0.25, -0.2) is 4.79 Å². The van der Waals surface area contributed by atoms with Crippen molar-refractivity contribution in [3.05, 3.63) is 41.5 Å². The van der Waals surface area contributed by atoms with Crippen LogP contribution in [0, 0.1) is 5.41 Å². The Balaban J connectivity index is 1.87. The number of hydrogen-bond acceptors (Lipinski definition) is 3. The average Bonchev–Trinajstić information content (AvgIpc) is 2.41. The zero-order valence-electron chi connectivity index (χ0n) is 12.6. The van der Waals surface area contributed by atoms with E-state index in [0.717, 1.165) is 25.9 Å². The van der Waals surface area contributed by atoms with Crippen LogP contribution in [0.2, 0.25) is 0 Å². The summed E-state index contributed by atoms with van der Waals surface area (Å²) in [6.45, 7) is 7.18. The fraction of sp³-hybridized carbons (Fsp3) is 0.471. The number of carbonyl (C=O) groups excluding carboxylic acids is 1. The Kier molecular flexibility index (Phi) is 4.61. The summed E-state index contributed by atoms with van der Waals surface area (Å²) < 4.78 is 0. The minimum atomic E-state index is -0.444. The molecule has 1 heterocycles. The molecule has 1 fully saturated rings. The van der Waals surface area contributed by atoms with Gasteiger partial charge in [-0.05, 0) is 39.2 Å². The highest BCUT2D eigenvalue weighted by Crippen LogP contribution is 2.22. The fourth-order valence-corrected chi connectivity index (χ4v) is 2.05. The Morgan fingerprint density at radius 3 is 2.30 bits per heavy atom. The van der Waals surface area contributed by atoms with Crippen LogP contribution in [0.4, 0.5) is 0 Å². The van der Waals surface area contributed by atoms with Gasteiger partial charge in [0, 0.05) is 13.1 Å². The molecule has 1 aromatic carbocycles. The highest BCUT2D eigenvalue weighted by atomic mass is 16.7. The summed E-state index contributed by atoms with van der Waals surface area (Å²) in [4.78, 5) is 17.2. The van der Waals surface area contributed by atoms with Crippen LogP contribution in [0.25, 0.3) is 6.08 Å². The Bertz CT molecular complexity index is 475. The average molecular weight is 273 g/mol. The maximum atomic E-state index is 11.8. The standard InChI is InChI=1S/C17H23NO2/c1-17(2,3)16(19)20-18-11-9-15(10-12-18)13-14-7-5-4-6-8-14/h4-8,13H,9-12H2,1-3H3. The number of carbonyl (C=O) groups is 1. The van der Waals surface area contributed by atoms with Gasteiger partial charge in [-0.2, -0.15) is 0 Å². The normalized spacial score (nSPS) is 16.9. The molecule has 1 aromatic rings. The molecule has 108 valence electrons. The number of benzene rings is 1. The van der Waals surface area contributed by atoms with E-state index >= 15 is 0 Å². The lowest BCUT2D eigenvalue weighted by Gasteiger charge is -2.29. The first-order chi connectivity index (χ1) is 9.45. The third kappa shape index (κ3) is 4.20. The molecule has 0 bridgehead atoms. The molecule has 2 rings (SSSR count). The third-order valence-corrected chi connectivity index (χ3v) is 3.36. The molecule has 0 atom stereocenters. The van der Waals surface area contributed by atoms with Crippen molar-refractivity contribution < 1.29 is 9.63 Å². The van der Waals surface area contributed by atoms with E-state index in [0.29, 0.717) is 0 Å². The van der Waals surface area contributed by atoms with Gasteiger partial charge in [0.15, 0.2) is 0 Å². The molecule has 1 aliphatic heterocycles. The maximum Gasteiger partial charge on any atom is 0.330 e. The second kappa shape index (κ2) is 6.23. The van der Waals surface area contributed by atoms with Crippen LogP contribution in [0.3, 0.4) is 0 Å². The third-order valence-electron chi connectivity index (χ3n) is 3.36. The van der Waals surface area contributed by atoms with Gasteiger partial charge < -0.3 is 4.84 Å². The number of piperidine rings is 1. The van der Waals surface area contributed by atoms with E-state index in [1.165, 1.54) is 11.1 Å². The van der Waals surface area contributed by atoms with E-state index in [1.54, 1.807) is 5.06 Å². The van der Waals surface area contributed by atoms with Crippen molar-refractivity contribution >= 4 is 12.0 Å². The van der Waals surface area contributed by atoms with Gasteiger partial charge in [0.1, 0.15) is 0 Å². The van der Waals surface area contributed by atoms with E-state index in [4.69, 9.17) is 4.84 Å². The van der Waals surface area contributed by atoms with Crippen molar-refractivity contribution in [2.24, 2.45) is 5.41 Å². The summed E-state index contributed by atoms with van der Waals surface area (Å²) in [7, 11) is 0. The lowest BCUT2D eigenvalue weighted by molar-refractivity contribution is -0.202. The molecule has 0 saturated carbocycles. The molecule has 0 radical (unpaired) electrons. The molecular formula is C17H23NO2. The van der Waals surface area contributed by atoms with Gasteiger partial charge in [0.05, 0.1) is 5.41 Å². The second-order valence-corrected chi connectivity index (χ2v) is 6.27. The van der Waals surface area contributed by atoms with Crippen molar-refractivity contribution in [3.63, 3.8) is 0 Å².